The molecule has 1 fully saturated rings. The van der Waals surface area contributed by atoms with Gasteiger partial charge in [-0.15, -0.1) is 0 Å². The minimum atomic E-state index is 0.402. The second kappa shape index (κ2) is 4.86. The lowest BCUT2D eigenvalue weighted by atomic mass is 10.1. The number of aryl methyl sites for hydroxylation is 1. The van der Waals surface area contributed by atoms with Crippen LogP contribution in [0.2, 0.25) is 0 Å². The molecule has 94 valence electrons. The maximum absolute atomic E-state index is 4.43. The monoisotopic (exact) mass is 243 g/mol. The van der Waals surface area contributed by atoms with Crippen LogP contribution in [0.5, 0.6) is 0 Å². The first-order valence-corrected chi connectivity index (χ1v) is 6.30. The molecule has 0 amide bonds. The largest absolute Gasteiger partial charge is 0.290 e. The van der Waals surface area contributed by atoms with Crippen LogP contribution in [0.1, 0.15) is 30.1 Å². The maximum Gasteiger partial charge on any atom is 0.0758 e. The Labute approximate surface area is 106 Å². The highest BCUT2D eigenvalue weighted by Crippen LogP contribution is 2.31. The first-order chi connectivity index (χ1) is 8.83. The second-order valence-electron chi connectivity index (χ2n) is 4.78. The van der Waals surface area contributed by atoms with Crippen molar-refractivity contribution in [2.75, 3.05) is 6.54 Å². The summed E-state index contributed by atoms with van der Waals surface area (Å²) in [5.41, 5.74) is 2.34. The van der Waals surface area contributed by atoms with Gasteiger partial charge in [-0.2, -0.15) is 5.10 Å². The van der Waals surface area contributed by atoms with Crippen molar-refractivity contribution in [1.29, 1.82) is 0 Å². The van der Waals surface area contributed by atoms with Gasteiger partial charge in [0.15, 0.2) is 0 Å². The van der Waals surface area contributed by atoms with Gasteiger partial charge in [-0.05, 0) is 19.4 Å². The van der Waals surface area contributed by atoms with Crippen LogP contribution >= 0.6 is 0 Å². The summed E-state index contributed by atoms with van der Waals surface area (Å²) in [5, 5.41) is 4.22. The summed E-state index contributed by atoms with van der Waals surface area (Å²) >= 11 is 0. The van der Waals surface area contributed by atoms with E-state index >= 15 is 0 Å². The molecule has 0 aromatic carbocycles. The molecule has 0 saturated carbocycles. The lowest BCUT2D eigenvalue weighted by Gasteiger charge is -2.22. The van der Waals surface area contributed by atoms with E-state index in [1.165, 1.54) is 18.4 Å². The first-order valence-electron chi connectivity index (χ1n) is 6.30. The Hall–Kier alpha value is -1.75. The van der Waals surface area contributed by atoms with Crippen LogP contribution in [0, 0.1) is 0 Å². The Morgan fingerprint density at radius 1 is 1.33 bits per heavy atom. The molecule has 1 aliphatic rings. The third-order valence-corrected chi connectivity index (χ3v) is 3.43. The summed E-state index contributed by atoms with van der Waals surface area (Å²) in [6.07, 6.45) is 11.8. The van der Waals surface area contributed by atoms with Gasteiger partial charge in [-0.3, -0.25) is 19.5 Å². The first kappa shape index (κ1) is 11.3. The fourth-order valence-electron chi connectivity index (χ4n) is 2.62. The fourth-order valence-corrected chi connectivity index (χ4v) is 2.62. The molecule has 5 nitrogen and oxygen atoms in total. The van der Waals surface area contributed by atoms with E-state index in [9.17, 15) is 0 Å². The van der Waals surface area contributed by atoms with Crippen molar-refractivity contribution in [2.45, 2.75) is 25.4 Å². The number of hydrogen-bond donors (Lipinski definition) is 0. The summed E-state index contributed by atoms with van der Waals surface area (Å²) in [7, 11) is 1.95. The molecule has 1 atom stereocenters. The van der Waals surface area contributed by atoms with Crippen LogP contribution < -0.4 is 0 Å². The van der Waals surface area contributed by atoms with E-state index in [-0.39, 0.29) is 0 Å². The molecule has 2 aromatic rings. The summed E-state index contributed by atoms with van der Waals surface area (Å²) in [5.74, 6) is 0. The third kappa shape index (κ3) is 2.26. The average Bonchev–Trinajstić information content (AvgIpc) is 3.00. The predicted octanol–water partition coefficient (Wildman–Crippen LogP) is 1.55. The standard InChI is InChI=1S/C13H17N5/c1-17-9-11(7-16-17)10-18-6-2-3-13(18)12-8-14-4-5-15-12/h4-5,7-9,13H,2-3,6,10H2,1H3/t13-/m0/s1. The molecule has 0 unspecified atom stereocenters. The quantitative estimate of drug-likeness (QED) is 0.820. The maximum atomic E-state index is 4.43. The van der Waals surface area contributed by atoms with Crippen molar-refractivity contribution < 1.29 is 0 Å². The summed E-state index contributed by atoms with van der Waals surface area (Å²) in [4.78, 5) is 11.1. The molecule has 5 heteroatoms. The van der Waals surface area contributed by atoms with Crippen molar-refractivity contribution in [3.05, 3.63) is 42.2 Å². The van der Waals surface area contributed by atoms with Gasteiger partial charge in [0.2, 0.25) is 0 Å². The average molecular weight is 243 g/mol. The van der Waals surface area contributed by atoms with Crippen LogP contribution in [-0.2, 0) is 13.6 Å². The molecular weight excluding hydrogens is 226 g/mol. The lowest BCUT2D eigenvalue weighted by molar-refractivity contribution is 0.244. The van der Waals surface area contributed by atoms with Crippen LogP contribution in [0.25, 0.3) is 0 Å². The van der Waals surface area contributed by atoms with Gasteiger partial charge in [0, 0.05) is 43.9 Å². The van der Waals surface area contributed by atoms with Crippen LogP contribution in [-0.4, -0.2) is 31.2 Å². The van der Waals surface area contributed by atoms with E-state index in [1.807, 2.05) is 24.1 Å². The molecule has 0 radical (unpaired) electrons. The van der Waals surface area contributed by atoms with Gasteiger partial charge >= 0.3 is 0 Å². The molecule has 2 aromatic heterocycles. The van der Waals surface area contributed by atoms with Crippen molar-refractivity contribution in [3.8, 4) is 0 Å². The number of aromatic nitrogens is 4. The normalized spacial score (nSPS) is 20.4. The summed E-state index contributed by atoms with van der Waals surface area (Å²) in [6, 6.07) is 0.402. The number of rotatable bonds is 3. The predicted molar refractivity (Wildman–Crippen MR) is 67.6 cm³/mol. The van der Waals surface area contributed by atoms with Gasteiger partial charge in [0.25, 0.3) is 0 Å². The molecule has 1 saturated heterocycles. The minimum absolute atomic E-state index is 0.402. The van der Waals surface area contributed by atoms with E-state index in [0.29, 0.717) is 6.04 Å². The van der Waals surface area contributed by atoms with Crippen molar-refractivity contribution >= 4 is 0 Å². The van der Waals surface area contributed by atoms with E-state index in [2.05, 4.69) is 26.2 Å². The Kier molecular flexibility index (Phi) is 3.06. The molecule has 0 bridgehead atoms. The number of hydrogen-bond acceptors (Lipinski definition) is 4. The SMILES string of the molecule is Cn1cc(CN2CCC[C@H]2c2cnccn2)cn1. The molecule has 0 spiro atoms. The number of likely N-dealkylation sites (tertiary alicyclic amines) is 1. The summed E-state index contributed by atoms with van der Waals surface area (Å²) < 4.78 is 1.85. The zero-order valence-electron chi connectivity index (χ0n) is 10.5. The second-order valence-corrected chi connectivity index (χ2v) is 4.78. The van der Waals surface area contributed by atoms with Crippen molar-refractivity contribution in [1.82, 2.24) is 24.6 Å². The third-order valence-electron chi connectivity index (χ3n) is 3.43. The van der Waals surface area contributed by atoms with E-state index in [0.717, 1.165) is 18.8 Å². The van der Waals surface area contributed by atoms with Crippen LogP contribution in [0.15, 0.2) is 31.0 Å². The highest BCUT2D eigenvalue weighted by atomic mass is 15.2. The molecular formula is C13H17N5. The molecule has 3 heterocycles. The topological polar surface area (TPSA) is 46.8 Å². The molecule has 0 N–H and O–H groups in total. The number of nitrogens with zero attached hydrogens (tertiary/aromatic N) is 5. The van der Waals surface area contributed by atoms with Gasteiger partial charge in [-0.25, -0.2) is 0 Å². The van der Waals surface area contributed by atoms with Crippen LogP contribution in [0.3, 0.4) is 0 Å². The van der Waals surface area contributed by atoms with Crippen molar-refractivity contribution in [2.24, 2.45) is 7.05 Å². The zero-order valence-corrected chi connectivity index (χ0v) is 10.5. The fraction of sp³-hybridized carbons (Fsp3) is 0.462. The van der Waals surface area contributed by atoms with E-state index in [4.69, 9.17) is 0 Å². The Morgan fingerprint density at radius 3 is 3.00 bits per heavy atom. The molecule has 0 aliphatic carbocycles. The zero-order chi connectivity index (χ0) is 12.4. The highest BCUT2D eigenvalue weighted by molar-refractivity contribution is 5.09. The van der Waals surface area contributed by atoms with E-state index < -0.39 is 0 Å². The Bertz CT molecular complexity index is 507. The summed E-state index contributed by atoms with van der Waals surface area (Å²) in [6.45, 7) is 2.06. The van der Waals surface area contributed by atoms with Gasteiger partial charge in [-0.1, -0.05) is 0 Å². The van der Waals surface area contributed by atoms with Crippen molar-refractivity contribution in [3.63, 3.8) is 0 Å². The van der Waals surface area contributed by atoms with Gasteiger partial charge in [0.05, 0.1) is 17.9 Å². The molecule has 18 heavy (non-hydrogen) atoms. The lowest BCUT2D eigenvalue weighted by Crippen LogP contribution is -2.23. The van der Waals surface area contributed by atoms with Crippen LogP contribution in [0.4, 0.5) is 0 Å². The molecule has 1 aliphatic heterocycles. The Morgan fingerprint density at radius 2 is 2.28 bits per heavy atom. The minimum Gasteiger partial charge on any atom is -0.290 e. The highest BCUT2D eigenvalue weighted by Gasteiger charge is 2.27. The van der Waals surface area contributed by atoms with Gasteiger partial charge in [0.1, 0.15) is 0 Å². The molecule has 3 rings (SSSR count). The van der Waals surface area contributed by atoms with Gasteiger partial charge < -0.3 is 0 Å². The van der Waals surface area contributed by atoms with E-state index in [1.54, 1.807) is 12.4 Å². The smallest absolute Gasteiger partial charge is 0.0758 e. The Balaban J connectivity index is 1.75.